The van der Waals surface area contributed by atoms with E-state index in [2.05, 4.69) is 12.0 Å². The molecule has 0 saturated heterocycles. The summed E-state index contributed by atoms with van der Waals surface area (Å²) in [4.78, 5) is 0. The van der Waals surface area contributed by atoms with Crippen LogP contribution in [0, 0.1) is 23.5 Å². The van der Waals surface area contributed by atoms with E-state index >= 15 is 0 Å². The molecule has 3 aromatic rings. The predicted molar refractivity (Wildman–Crippen MR) is 146 cm³/mol. The largest absolute Gasteiger partial charge is 0.237 e. The minimum Gasteiger partial charge on any atom is -0.237 e. The summed E-state index contributed by atoms with van der Waals surface area (Å²) in [6.07, 6.45) is 4.82. The van der Waals surface area contributed by atoms with Gasteiger partial charge >= 0.3 is 0 Å². The molecule has 0 amide bonds. The van der Waals surface area contributed by atoms with Crippen LogP contribution < -0.4 is 0 Å². The molecule has 2 atom stereocenters. The van der Waals surface area contributed by atoms with Gasteiger partial charge in [-0.3, -0.25) is 0 Å². The van der Waals surface area contributed by atoms with Gasteiger partial charge in [0.05, 0.1) is 23.3 Å². The second kappa shape index (κ2) is 10.7. The van der Waals surface area contributed by atoms with Gasteiger partial charge in [-0.25, -0.2) is 26.2 Å². The van der Waals surface area contributed by atoms with Crippen LogP contribution in [0.5, 0.6) is 0 Å². The van der Waals surface area contributed by atoms with Crippen molar-refractivity contribution in [3.05, 3.63) is 94.3 Å². The van der Waals surface area contributed by atoms with Crippen molar-refractivity contribution in [1.29, 1.82) is 0 Å². The van der Waals surface area contributed by atoms with Crippen LogP contribution in [0.25, 0.3) is 5.69 Å². The average molecular weight is 540 g/mol. The van der Waals surface area contributed by atoms with Crippen LogP contribution in [-0.4, -0.2) is 41.3 Å². The Morgan fingerprint density at radius 1 is 1.11 bits per heavy atom. The number of aromatic nitrogens is 2. The van der Waals surface area contributed by atoms with Gasteiger partial charge in [0.15, 0.2) is 0 Å². The summed E-state index contributed by atoms with van der Waals surface area (Å²) < 4.78 is 58.2. The van der Waals surface area contributed by atoms with Gasteiger partial charge in [-0.05, 0) is 67.0 Å². The third kappa shape index (κ3) is 5.34. The molecule has 5 nitrogen and oxygen atoms in total. The summed E-state index contributed by atoms with van der Waals surface area (Å²) >= 11 is 0. The van der Waals surface area contributed by atoms with E-state index in [-0.39, 0.29) is 41.7 Å². The normalized spacial score (nSPS) is 19.3. The van der Waals surface area contributed by atoms with Crippen LogP contribution >= 0.6 is 0 Å². The SMILES string of the molecule is CC(C)CS(=O)(=O)N(CCc1ccccc1F)C[C@H]1CCC2=C1[C@@H](C)c1cnn(-c3ccc(F)cc3)c1C2. The third-order valence-corrected chi connectivity index (χ3v) is 10.1. The highest BCUT2D eigenvalue weighted by Crippen LogP contribution is 2.47. The molecule has 0 saturated carbocycles. The van der Waals surface area contributed by atoms with E-state index in [0.29, 0.717) is 18.5 Å². The Kier molecular flexibility index (Phi) is 7.56. The Hall–Kier alpha value is -2.84. The van der Waals surface area contributed by atoms with E-state index in [1.807, 2.05) is 24.7 Å². The van der Waals surface area contributed by atoms with E-state index in [4.69, 9.17) is 0 Å². The molecule has 0 bridgehead atoms. The molecule has 38 heavy (non-hydrogen) atoms. The van der Waals surface area contributed by atoms with E-state index in [0.717, 1.165) is 36.2 Å². The van der Waals surface area contributed by atoms with Gasteiger partial charge < -0.3 is 0 Å². The number of fused-ring (bicyclic) bond motifs is 1. The first kappa shape index (κ1) is 26.8. The third-order valence-electron chi connectivity index (χ3n) is 7.88. The first-order valence-electron chi connectivity index (χ1n) is 13.4. The molecule has 2 aliphatic rings. The molecule has 8 heteroatoms. The van der Waals surface area contributed by atoms with Crippen LogP contribution in [0.15, 0.2) is 65.9 Å². The van der Waals surface area contributed by atoms with Crippen molar-refractivity contribution in [1.82, 2.24) is 14.1 Å². The maximum atomic E-state index is 14.3. The molecule has 0 spiro atoms. The quantitative estimate of drug-likeness (QED) is 0.311. The van der Waals surface area contributed by atoms with Gasteiger partial charge in [0.25, 0.3) is 0 Å². The molecule has 0 fully saturated rings. The van der Waals surface area contributed by atoms with Crippen molar-refractivity contribution in [3.63, 3.8) is 0 Å². The van der Waals surface area contributed by atoms with Gasteiger partial charge in [-0.1, -0.05) is 50.1 Å². The Balaban J connectivity index is 1.39. The maximum absolute atomic E-state index is 14.3. The highest BCUT2D eigenvalue weighted by atomic mass is 32.2. The van der Waals surface area contributed by atoms with E-state index in [1.165, 1.54) is 29.3 Å². The lowest BCUT2D eigenvalue weighted by Crippen LogP contribution is -2.40. The van der Waals surface area contributed by atoms with Crippen LogP contribution in [0.4, 0.5) is 8.78 Å². The van der Waals surface area contributed by atoms with Gasteiger partial charge in [0.1, 0.15) is 11.6 Å². The Bertz CT molecular complexity index is 1440. The van der Waals surface area contributed by atoms with Crippen LogP contribution in [0.3, 0.4) is 0 Å². The van der Waals surface area contributed by atoms with Crippen molar-refractivity contribution in [2.45, 2.75) is 52.4 Å². The second-order valence-electron chi connectivity index (χ2n) is 11.0. The standard InChI is InChI=1S/C30H35F2N3O2S/c1-20(2)19-38(36,37)34(15-14-22-6-4-5-7-28(22)32)18-24-9-8-23-16-29-27(21(3)30(23)24)17-33-35(29)26-12-10-25(31)11-13-26/h4-7,10-13,17,20-21,24H,8-9,14-16,18-19H2,1-3H3/t21-,24+/m0/s1. The minimum absolute atomic E-state index is 0.00257. The maximum Gasteiger partial charge on any atom is 0.214 e. The average Bonchev–Trinajstić information content (AvgIpc) is 3.47. The predicted octanol–water partition coefficient (Wildman–Crippen LogP) is 6.05. The number of sulfonamides is 1. The van der Waals surface area contributed by atoms with Crippen molar-refractivity contribution < 1.29 is 17.2 Å². The topological polar surface area (TPSA) is 55.2 Å². The molecule has 1 aromatic heterocycles. The second-order valence-corrected chi connectivity index (χ2v) is 13.0. The molecule has 2 aliphatic carbocycles. The highest BCUT2D eigenvalue weighted by molar-refractivity contribution is 7.89. The number of hydrogen-bond donors (Lipinski definition) is 0. The first-order chi connectivity index (χ1) is 18.1. The molecule has 202 valence electrons. The van der Waals surface area contributed by atoms with E-state index in [9.17, 15) is 17.2 Å². The molecule has 5 rings (SSSR count). The lowest BCUT2D eigenvalue weighted by atomic mass is 9.80. The smallest absolute Gasteiger partial charge is 0.214 e. The summed E-state index contributed by atoms with van der Waals surface area (Å²) in [5.74, 6) is -0.262. The van der Waals surface area contributed by atoms with E-state index < -0.39 is 10.0 Å². The van der Waals surface area contributed by atoms with Gasteiger partial charge in [0.2, 0.25) is 10.0 Å². The summed E-state index contributed by atoms with van der Waals surface area (Å²) in [5, 5.41) is 4.63. The highest BCUT2D eigenvalue weighted by Gasteiger charge is 2.38. The number of rotatable bonds is 9. The van der Waals surface area contributed by atoms with Crippen molar-refractivity contribution in [2.75, 3.05) is 18.8 Å². The van der Waals surface area contributed by atoms with Crippen molar-refractivity contribution in [3.8, 4) is 5.69 Å². The zero-order chi connectivity index (χ0) is 27.0. The van der Waals surface area contributed by atoms with Gasteiger partial charge in [0, 0.05) is 31.0 Å². The Labute approximate surface area is 224 Å². The fraction of sp³-hybridized carbons (Fsp3) is 0.433. The molecule has 1 heterocycles. The zero-order valence-electron chi connectivity index (χ0n) is 22.2. The fourth-order valence-corrected chi connectivity index (χ4v) is 7.97. The van der Waals surface area contributed by atoms with Crippen LogP contribution in [0.2, 0.25) is 0 Å². The number of halogens is 2. The summed E-state index contributed by atoms with van der Waals surface area (Å²) in [7, 11) is -3.50. The fourth-order valence-electron chi connectivity index (χ4n) is 6.14. The molecule has 0 N–H and O–H groups in total. The van der Waals surface area contributed by atoms with Gasteiger partial charge in [-0.15, -0.1) is 0 Å². The lowest BCUT2D eigenvalue weighted by molar-refractivity contribution is 0.356. The summed E-state index contributed by atoms with van der Waals surface area (Å²) in [6, 6.07) is 12.9. The monoisotopic (exact) mass is 539 g/mol. The van der Waals surface area contributed by atoms with Crippen molar-refractivity contribution >= 4 is 10.0 Å². The number of allylic oxidation sites excluding steroid dienone is 1. The minimum atomic E-state index is -3.50. The van der Waals surface area contributed by atoms with E-state index in [1.54, 1.807) is 34.6 Å². The first-order valence-corrected chi connectivity index (χ1v) is 15.0. The lowest BCUT2D eigenvalue weighted by Gasteiger charge is -2.31. The van der Waals surface area contributed by atoms with Crippen molar-refractivity contribution in [2.24, 2.45) is 11.8 Å². The molecule has 0 radical (unpaired) electrons. The molecule has 2 aromatic carbocycles. The Morgan fingerprint density at radius 2 is 1.84 bits per heavy atom. The number of nitrogens with zero attached hydrogens (tertiary/aromatic N) is 3. The summed E-state index contributed by atoms with van der Waals surface area (Å²) in [6.45, 7) is 6.67. The zero-order valence-corrected chi connectivity index (χ0v) is 23.0. The Morgan fingerprint density at radius 3 is 2.55 bits per heavy atom. The molecule has 0 unspecified atom stereocenters. The molecular formula is C30H35F2N3O2S. The molecule has 0 aliphatic heterocycles. The van der Waals surface area contributed by atoms with Gasteiger partial charge in [-0.2, -0.15) is 5.10 Å². The number of benzene rings is 2. The van der Waals surface area contributed by atoms with Crippen LogP contribution in [-0.2, 0) is 22.9 Å². The molecular weight excluding hydrogens is 504 g/mol. The number of hydrogen-bond acceptors (Lipinski definition) is 3. The summed E-state index contributed by atoms with van der Waals surface area (Å²) in [5.41, 5.74) is 6.31. The van der Waals surface area contributed by atoms with Crippen LogP contribution in [0.1, 0.15) is 56.4 Å².